The van der Waals surface area contributed by atoms with E-state index < -0.39 is 6.04 Å². The molecule has 136 valence electrons. The summed E-state index contributed by atoms with van der Waals surface area (Å²) >= 11 is 0. The van der Waals surface area contributed by atoms with Crippen molar-refractivity contribution in [1.82, 2.24) is 20.9 Å². The molecule has 1 aliphatic heterocycles. The van der Waals surface area contributed by atoms with Crippen molar-refractivity contribution in [3.63, 3.8) is 0 Å². The predicted molar refractivity (Wildman–Crippen MR) is 96.9 cm³/mol. The van der Waals surface area contributed by atoms with Gasteiger partial charge in [-0.3, -0.25) is 4.79 Å². The SMILES string of the molecule is N[C@@H](Cc1ccccc1)C(=O)N1CCNCCNCCNCC1.O.[Zn+2]. The van der Waals surface area contributed by atoms with Gasteiger partial charge in [-0.2, -0.15) is 0 Å². The topological polar surface area (TPSA) is 114 Å². The summed E-state index contributed by atoms with van der Waals surface area (Å²) in [7, 11) is 0. The van der Waals surface area contributed by atoms with Crippen LogP contribution in [0.15, 0.2) is 30.3 Å². The Morgan fingerprint density at radius 1 is 0.960 bits per heavy atom. The van der Waals surface area contributed by atoms with Gasteiger partial charge < -0.3 is 32.1 Å². The van der Waals surface area contributed by atoms with Gasteiger partial charge in [-0.05, 0) is 12.0 Å². The van der Waals surface area contributed by atoms with Crippen LogP contribution in [-0.4, -0.2) is 74.7 Å². The van der Waals surface area contributed by atoms with Gasteiger partial charge in [0.05, 0.1) is 6.04 Å². The van der Waals surface area contributed by atoms with E-state index in [0.717, 1.165) is 44.8 Å². The fourth-order valence-corrected chi connectivity index (χ4v) is 2.68. The van der Waals surface area contributed by atoms with Crippen molar-refractivity contribution in [1.29, 1.82) is 0 Å². The number of hydrogen-bond donors (Lipinski definition) is 4. The Morgan fingerprint density at radius 3 is 1.96 bits per heavy atom. The van der Waals surface area contributed by atoms with E-state index in [1.54, 1.807) is 0 Å². The number of amides is 1. The molecule has 1 aliphatic rings. The van der Waals surface area contributed by atoms with Crippen LogP contribution in [0.1, 0.15) is 5.56 Å². The van der Waals surface area contributed by atoms with Crippen molar-refractivity contribution in [2.45, 2.75) is 12.5 Å². The minimum atomic E-state index is -0.480. The molecule has 2 rings (SSSR count). The second kappa shape index (κ2) is 14.3. The Labute approximate surface area is 163 Å². The van der Waals surface area contributed by atoms with Gasteiger partial charge >= 0.3 is 19.5 Å². The van der Waals surface area contributed by atoms with Crippen molar-refractivity contribution in [3.8, 4) is 0 Å². The first-order valence-electron chi connectivity index (χ1n) is 8.48. The molecule has 1 fully saturated rings. The van der Waals surface area contributed by atoms with Crippen LogP contribution in [0.25, 0.3) is 0 Å². The molecule has 0 spiro atoms. The zero-order valence-corrected chi connectivity index (χ0v) is 17.9. The van der Waals surface area contributed by atoms with E-state index >= 15 is 0 Å². The number of carbonyl (C=O) groups excluding carboxylic acids is 1. The molecule has 0 radical (unpaired) electrons. The first kappa shape index (κ1) is 24.1. The molecule has 25 heavy (non-hydrogen) atoms. The van der Waals surface area contributed by atoms with Crippen molar-refractivity contribution in [2.75, 3.05) is 52.4 Å². The van der Waals surface area contributed by atoms with Crippen molar-refractivity contribution in [2.24, 2.45) is 5.73 Å². The number of hydrogen-bond acceptors (Lipinski definition) is 5. The third-order valence-electron chi connectivity index (χ3n) is 4.00. The Bertz CT molecular complexity index is 452. The molecule has 8 heteroatoms. The van der Waals surface area contributed by atoms with Crippen molar-refractivity contribution >= 4 is 5.91 Å². The predicted octanol–water partition coefficient (Wildman–Crippen LogP) is -1.66. The fraction of sp³-hybridized carbons (Fsp3) is 0.588. The molecule has 0 unspecified atom stereocenters. The quantitative estimate of drug-likeness (QED) is 0.452. The Balaban J connectivity index is 0.00000288. The standard InChI is InChI=1S/C17H29N5O.H2O.Zn/c18-16(14-15-4-2-1-3-5-15)17(23)22-12-10-20-8-6-19-7-9-21-11-13-22;;/h1-5,16,19-21H,6-14,18H2;1H2;/q;;+2/t16-;;/m0../s1. The Hall–Kier alpha value is -0.887. The molecule has 7 N–H and O–H groups in total. The summed E-state index contributed by atoms with van der Waals surface area (Å²) in [6.45, 7) is 6.71. The molecule has 0 aliphatic carbocycles. The maximum absolute atomic E-state index is 12.7. The molecule has 1 aromatic rings. The average Bonchev–Trinajstić information content (AvgIpc) is 2.56. The van der Waals surface area contributed by atoms with E-state index in [-0.39, 0.29) is 30.9 Å². The van der Waals surface area contributed by atoms with E-state index in [9.17, 15) is 4.79 Å². The average molecular weight is 403 g/mol. The van der Waals surface area contributed by atoms with Crippen LogP contribution in [0.3, 0.4) is 0 Å². The van der Waals surface area contributed by atoms with E-state index in [0.29, 0.717) is 19.5 Å². The first-order valence-corrected chi connectivity index (χ1v) is 8.48. The zero-order valence-electron chi connectivity index (χ0n) is 15.0. The molecule has 0 bridgehead atoms. The molecule has 0 aromatic heterocycles. The fourth-order valence-electron chi connectivity index (χ4n) is 2.68. The van der Waals surface area contributed by atoms with Crippen LogP contribution in [0.4, 0.5) is 0 Å². The number of nitrogens with two attached hydrogens (primary N) is 1. The number of rotatable bonds is 3. The summed E-state index contributed by atoms with van der Waals surface area (Å²) in [5.41, 5.74) is 7.26. The number of carbonyl (C=O) groups is 1. The summed E-state index contributed by atoms with van der Waals surface area (Å²) < 4.78 is 0. The van der Waals surface area contributed by atoms with Gasteiger partial charge in [0.1, 0.15) is 0 Å². The van der Waals surface area contributed by atoms with E-state index in [4.69, 9.17) is 5.73 Å². The summed E-state index contributed by atoms with van der Waals surface area (Å²) in [5.74, 6) is 0.0348. The van der Waals surface area contributed by atoms with E-state index in [1.165, 1.54) is 0 Å². The monoisotopic (exact) mass is 401 g/mol. The van der Waals surface area contributed by atoms with Gasteiger partial charge in [-0.15, -0.1) is 0 Å². The Kier molecular flexibility index (Phi) is 13.8. The van der Waals surface area contributed by atoms with E-state index in [1.807, 2.05) is 35.2 Å². The molecule has 7 nitrogen and oxygen atoms in total. The Morgan fingerprint density at radius 2 is 1.44 bits per heavy atom. The van der Waals surface area contributed by atoms with Crippen LogP contribution >= 0.6 is 0 Å². The number of nitrogens with zero attached hydrogens (tertiary/aromatic N) is 1. The summed E-state index contributed by atoms with van der Waals surface area (Å²) in [4.78, 5) is 14.5. The second-order valence-corrected chi connectivity index (χ2v) is 5.87. The first-order chi connectivity index (χ1) is 11.3. The van der Waals surface area contributed by atoms with Gasteiger partial charge in [0.25, 0.3) is 0 Å². The van der Waals surface area contributed by atoms with E-state index in [2.05, 4.69) is 16.0 Å². The van der Waals surface area contributed by atoms with Crippen LogP contribution in [-0.2, 0) is 30.7 Å². The van der Waals surface area contributed by atoms with Crippen molar-refractivity contribution < 1.29 is 29.7 Å². The molecular formula is C17H31N5O2Zn+2. The molecule has 1 atom stereocenters. The number of nitrogens with one attached hydrogen (secondary N) is 3. The van der Waals surface area contributed by atoms with Gasteiger partial charge in [0.2, 0.25) is 5.91 Å². The third kappa shape index (κ3) is 9.40. The molecule has 1 aromatic carbocycles. The minimum absolute atomic E-state index is 0. The third-order valence-corrected chi connectivity index (χ3v) is 4.00. The van der Waals surface area contributed by atoms with Crippen LogP contribution in [0.5, 0.6) is 0 Å². The summed E-state index contributed by atoms with van der Waals surface area (Å²) in [6.07, 6.45) is 0.584. The molecule has 1 amide bonds. The molecule has 1 heterocycles. The van der Waals surface area contributed by atoms with Crippen LogP contribution in [0.2, 0.25) is 0 Å². The minimum Gasteiger partial charge on any atom is -0.412 e. The zero-order chi connectivity index (χ0) is 16.3. The van der Waals surface area contributed by atoms with Crippen molar-refractivity contribution in [3.05, 3.63) is 35.9 Å². The number of benzene rings is 1. The van der Waals surface area contributed by atoms with Gasteiger partial charge in [0.15, 0.2) is 0 Å². The smallest absolute Gasteiger partial charge is 0.412 e. The molecular weight excluding hydrogens is 372 g/mol. The normalized spacial score (nSPS) is 17.9. The van der Waals surface area contributed by atoms with Gasteiger partial charge in [-0.1, -0.05) is 30.3 Å². The van der Waals surface area contributed by atoms with Crippen LogP contribution < -0.4 is 21.7 Å². The molecule has 0 saturated carbocycles. The maximum Gasteiger partial charge on any atom is 2.00 e. The summed E-state index contributed by atoms with van der Waals surface area (Å²) in [6, 6.07) is 9.47. The maximum atomic E-state index is 12.7. The second-order valence-electron chi connectivity index (χ2n) is 5.87. The molecule has 1 saturated heterocycles. The largest absolute Gasteiger partial charge is 2.00 e. The van der Waals surface area contributed by atoms with Crippen LogP contribution in [0, 0.1) is 0 Å². The van der Waals surface area contributed by atoms with Gasteiger partial charge in [-0.25, -0.2) is 0 Å². The summed E-state index contributed by atoms with van der Waals surface area (Å²) in [5, 5.41) is 10.1. The van der Waals surface area contributed by atoms with Gasteiger partial charge in [0, 0.05) is 52.4 Å².